The van der Waals surface area contributed by atoms with Gasteiger partial charge in [0.2, 0.25) is 0 Å². The Morgan fingerprint density at radius 3 is 2.39 bits per heavy atom. The summed E-state index contributed by atoms with van der Waals surface area (Å²) < 4.78 is 0.861. The van der Waals surface area contributed by atoms with Gasteiger partial charge in [-0.2, -0.15) is 0 Å². The van der Waals surface area contributed by atoms with Crippen LogP contribution < -0.4 is 0 Å². The van der Waals surface area contributed by atoms with E-state index in [1.54, 1.807) is 0 Å². The highest BCUT2D eigenvalue weighted by atomic mass is 79.9. The summed E-state index contributed by atoms with van der Waals surface area (Å²) in [5, 5.41) is 0. The lowest BCUT2D eigenvalue weighted by molar-refractivity contribution is -0.117. The molecular weight excluding hydrogens is 580 g/mol. The van der Waals surface area contributed by atoms with Gasteiger partial charge < -0.3 is 0 Å². The Kier molecular flexibility index (Phi) is 7.36. The Morgan fingerprint density at radius 2 is 1.71 bits per heavy atom. The van der Waals surface area contributed by atoms with Crippen LogP contribution in [0, 0.1) is 46.3 Å². The normalized spacial score (nSPS) is 46.0. The Morgan fingerprint density at radius 1 is 1.00 bits per heavy atom. The molecule has 4 rings (SSSR count). The van der Waals surface area contributed by atoms with E-state index in [-0.39, 0.29) is 16.0 Å². The topological polar surface area (TPSA) is 17.1 Å². The van der Waals surface area contributed by atoms with E-state index in [0.717, 1.165) is 40.5 Å². The number of Topliss-reactive ketones (excluding diaryl/α,β-unsaturated/α-hetero) is 1. The molecule has 0 aromatic carbocycles. The summed E-state index contributed by atoms with van der Waals surface area (Å²) in [4.78, 5) is 13.0. The minimum absolute atomic E-state index is 0.0420. The Bertz CT molecular complexity index is 745. The van der Waals surface area contributed by atoms with Crippen LogP contribution in [0.3, 0.4) is 0 Å². The van der Waals surface area contributed by atoms with Crippen LogP contribution in [-0.2, 0) is 4.79 Å². The molecule has 0 spiro atoms. The summed E-state index contributed by atoms with van der Waals surface area (Å²) in [5.41, 5.74) is 2.01. The molecule has 0 bridgehead atoms. The van der Waals surface area contributed by atoms with E-state index in [4.69, 9.17) is 0 Å². The summed E-state index contributed by atoms with van der Waals surface area (Å²) in [6.45, 7) is 12.4. The molecule has 176 valence electrons. The van der Waals surface area contributed by atoms with Gasteiger partial charge in [0.25, 0.3) is 0 Å². The van der Waals surface area contributed by atoms with E-state index in [9.17, 15) is 4.79 Å². The van der Waals surface area contributed by atoms with Crippen molar-refractivity contribution in [1.29, 1.82) is 0 Å². The molecule has 0 N–H and O–H groups in total. The molecule has 4 heteroatoms. The third-order valence-corrected chi connectivity index (χ3v) is 12.6. The van der Waals surface area contributed by atoms with Crippen molar-refractivity contribution in [3.05, 3.63) is 10.1 Å². The molecule has 0 unspecified atom stereocenters. The number of alkyl halides is 2. The molecule has 0 heterocycles. The van der Waals surface area contributed by atoms with E-state index < -0.39 is 0 Å². The van der Waals surface area contributed by atoms with Crippen LogP contribution in [0.2, 0.25) is 0 Å². The number of halogens is 3. The number of carbonyl (C=O) groups excluding carboxylic acids is 1. The van der Waals surface area contributed by atoms with Crippen molar-refractivity contribution in [3.63, 3.8) is 0 Å². The number of ketones is 1. The van der Waals surface area contributed by atoms with Gasteiger partial charge in [-0.05, 0) is 106 Å². The average molecular weight is 621 g/mol. The van der Waals surface area contributed by atoms with Crippen LogP contribution >= 0.6 is 47.8 Å². The fraction of sp³-hybridized carbons (Fsp3) is 0.889. The molecule has 9 atom stereocenters. The fourth-order valence-electron chi connectivity index (χ4n) is 8.73. The van der Waals surface area contributed by atoms with E-state index >= 15 is 0 Å². The summed E-state index contributed by atoms with van der Waals surface area (Å²) >= 11 is 11.5. The van der Waals surface area contributed by atoms with Crippen molar-refractivity contribution in [2.24, 2.45) is 46.3 Å². The molecule has 0 aromatic heterocycles. The summed E-state index contributed by atoms with van der Waals surface area (Å²) in [5.74, 6) is 5.18. The molecule has 0 amide bonds. The molecule has 3 saturated carbocycles. The predicted molar refractivity (Wildman–Crippen MR) is 142 cm³/mol. The molecule has 0 saturated heterocycles. The number of allylic oxidation sites excluding steroid dienone is 1. The van der Waals surface area contributed by atoms with Gasteiger partial charge in [-0.3, -0.25) is 4.79 Å². The maximum Gasteiger partial charge on any atom is 0.183 e. The third kappa shape index (κ3) is 4.13. The standard InChI is InChI=1S/C27H41Br3O/c1-15(2)7-6-8-16(3)18-9-10-19-17-13-21(28)23-24(30)25(31)22(29)14-27(23,5)20(17)11-12-26(18,19)4/h15-22H,6-14H2,1-5H3/t16-,17+,18-,19+,20+,21-,22-,26-,27-/m1/s1. The molecule has 31 heavy (non-hydrogen) atoms. The van der Waals surface area contributed by atoms with Crippen LogP contribution in [0.25, 0.3) is 0 Å². The lowest BCUT2D eigenvalue weighted by Gasteiger charge is -2.60. The average Bonchev–Trinajstić information content (AvgIpc) is 3.03. The molecule has 0 aromatic rings. The monoisotopic (exact) mass is 618 g/mol. The Labute approximate surface area is 215 Å². The second kappa shape index (κ2) is 9.14. The van der Waals surface area contributed by atoms with Crippen molar-refractivity contribution < 1.29 is 4.79 Å². The summed E-state index contributed by atoms with van der Waals surface area (Å²) in [6, 6.07) is 0. The van der Waals surface area contributed by atoms with Crippen LogP contribution in [-0.4, -0.2) is 15.4 Å². The Balaban J connectivity index is 1.57. The first-order chi connectivity index (χ1) is 14.5. The largest absolute Gasteiger partial charge is 0.292 e. The zero-order valence-electron chi connectivity index (χ0n) is 20.0. The van der Waals surface area contributed by atoms with E-state index in [2.05, 4.69) is 82.4 Å². The third-order valence-electron chi connectivity index (χ3n) is 10.2. The van der Waals surface area contributed by atoms with Crippen LogP contribution in [0.5, 0.6) is 0 Å². The number of carbonyl (C=O) groups is 1. The quantitative estimate of drug-likeness (QED) is 0.280. The van der Waals surface area contributed by atoms with Crippen molar-refractivity contribution in [1.82, 2.24) is 0 Å². The number of hydrogen-bond donors (Lipinski definition) is 0. The lowest BCUT2D eigenvalue weighted by atomic mass is 9.46. The van der Waals surface area contributed by atoms with Gasteiger partial charge in [0, 0.05) is 4.83 Å². The molecule has 0 aliphatic heterocycles. The molecular formula is C27H41Br3O. The first-order valence-electron chi connectivity index (χ1n) is 12.7. The smallest absolute Gasteiger partial charge is 0.183 e. The molecule has 0 radical (unpaired) electrons. The number of hydrogen-bond acceptors (Lipinski definition) is 1. The second-order valence-corrected chi connectivity index (χ2v) is 15.3. The van der Waals surface area contributed by atoms with Gasteiger partial charge in [-0.1, -0.05) is 85.7 Å². The zero-order valence-corrected chi connectivity index (χ0v) is 24.8. The van der Waals surface area contributed by atoms with E-state index in [0.29, 0.717) is 16.2 Å². The zero-order chi connectivity index (χ0) is 22.7. The van der Waals surface area contributed by atoms with Gasteiger partial charge in [-0.25, -0.2) is 0 Å². The maximum atomic E-state index is 12.7. The van der Waals surface area contributed by atoms with Crippen LogP contribution in [0.4, 0.5) is 0 Å². The van der Waals surface area contributed by atoms with Crippen molar-refractivity contribution in [2.75, 3.05) is 0 Å². The predicted octanol–water partition coefficient (Wildman–Crippen LogP) is 9.07. The van der Waals surface area contributed by atoms with Crippen molar-refractivity contribution in [3.8, 4) is 0 Å². The summed E-state index contributed by atoms with van der Waals surface area (Å²) in [6.07, 6.45) is 11.9. The lowest BCUT2D eigenvalue weighted by Crippen LogP contribution is -2.55. The van der Waals surface area contributed by atoms with Gasteiger partial charge in [-0.15, -0.1) is 0 Å². The highest BCUT2D eigenvalue weighted by Crippen LogP contribution is 2.69. The first kappa shape index (κ1) is 25.0. The van der Waals surface area contributed by atoms with E-state index in [1.807, 2.05) is 0 Å². The molecule has 4 aliphatic rings. The second-order valence-electron chi connectivity index (χ2n) is 12.3. The first-order valence-corrected chi connectivity index (χ1v) is 15.4. The van der Waals surface area contributed by atoms with Crippen LogP contribution in [0.15, 0.2) is 10.1 Å². The minimum atomic E-state index is -0.0420. The van der Waals surface area contributed by atoms with Gasteiger partial charge in [0.1, 0.15) is 0 Å². The Hall–Kier alpha value is 0.850. The van der Waals surface area contributed by atoms with Crippen LogP contribution in [0.1, 0.15) is 92.4 Å². The molecule has 3 fully saturated rings. The van der Waals surface area contributed by atoms with E-state index in [1.165, 1.54) is 56.9 Å². The van der Waals surface area contributed by atoms with Crippen molar-refractivity contribution in [2.45, 2.75) is 102 Å². The molecule has 1 nitrogen and oxygen atoms in total. The van der Waals surface area contributed by atoms with Gasteiger partial charge in [0.15, 0.2) is 5.78 Å². The number of fused-ring (bicyclic) bond motifs is 5. The maximum absolute atomic E-state index is 12.7. The summed E-state index contributed by atoms with van der Waals surface area (Å²) in [7, 11) is 0. The fourth-order valence-corrected chi connectivity index (χ4v) is 12.4. The SMILES string of the molecule is CC(C)CCC[C@@H](C)[C@H]1CC[C@H]2[C@@H]3C[C@@H](Br)C4=C(Br)C(=O)[C@H](Br)C[C@]4(C)[C@H]3CC[C@]12C. The minimum Gasteiger partial charge on any atom is -0.292 e. The molecule has 4 aliphatic carbocycles. The number of rotatable bonds is 5. The van der Waals surface area contributed by atoms with Crippen molar-refractivity contribution >= 4 is 53.6 Å². The van der Waals surface area contributed by atoms with Gasteiger partial charge >= 0.3 is 0 Å². The highest BCUT2D eigenvalue weighted by molar-refractivity contribution is 9.12. The van der Waals surface area contributed by atoms with Gasteiger partial charge in [0.05, 0.1) is 9.31 Å². The highest BCUT2D eigenvalue weighted by Gasteiger charge is 2.62.